The number of amides is 2. The smallest absolute Gasteiger partial charge is 0.326 e. The maximum atomic E-state index is 11.6. The third kappa shape index (κ3) is 5.56. The predicted molar refractivity (Wildman–Crippen MR) is 77.5 cm³/mol. The van der Waals surface area contributed by atoms with Crippen molar-refractivity contribution in [2.75, 3.05) is 0 Å². The molecule has 0 radical (unpaired) electrons. The number of carboxylic acids is 1. The number of carboxylic acid groups (broad SMARTS) is 1. The molecule has 1 aromatic rings. The van der Waals surface area contributed by atoms with E-state index in [1.807, 2.05) is 30.3 Å². The number of aliphatic carboxylic acids is 1. The molecule has 3 N–H and O–H groups in total. The summed E-state index contributed by atoms with van der Waals surface area (Å²) in [5.74, 6) is -1.04. The van der Waals surface area contributed by atoms with Crippen LogP contribution in [-0.2, 0) is 11.2 Å². The lowest BCUT2D eigenvalue weighted by molar-refractivity contribution is -0.139. The van der Waals surface area contributed by atoms with Gasteiger partial charge in [0.05, 0.1) is 0 Å². The summed E-state index contributed by atoms with van der Waals surface area (Å²) in [7, 11) is 0. The summed E-state index contributed by atoms with van der Waals surface area (Å²) in [5, 5.41) is 14.2. The highest BCUT2D eigenvalue weighted by Crippen LogP contribution is 2.05. The fraction of sp³-hybridized carbons (Fsp3) is 0.333. The summed E-state index contributed by atoms with van der Waals surface area (Å²) in [4.78, 5) is 22.8. The third-order valence-corrected chi connectivity index (χ3v) is 2.88. The van der Waals surface area contributed by atoms with Gasteiger partial charge in [-0.15, -0.1) is 6.58 Å². The molecule has 0 fully saturated rings. The van der Waals surface area contributed by atoms with Crippen molar-refractivity contribution in [3.63, 3.8) is 0 Å². The molecule has 1 rings (SSSR count). The minimum Gasteiger partial charge on any atom is -0.480 e. The van der Waals surface area contributed by atoms with Gasteiger partial charge in [0.1, 0.15) is 6.04 Å². The molecule has 0 aromatic heterocycles. The quantitative estimate of drug-likeness (QED) is 0.666. The van der Waals surface area contributed by atoms with Crippen LogP contribution >= 0.6 is 0 Å². The van der Waals surface area contributed by atoms with Crippen LogP contribution < -0.4 is 10.6 Å². The Morgan fingerprint density at radius 3 is 2.50 bits per heavy atom. The number of rotatable bonds is 7. The minimum atomic E-state index is -1.04. The van der Waals surface area contributed by atoms with Gasteiger partial charge in [-0.1, -0.05) is 36.4 Å². The summed E-state index contributed by atoms with van der Waals surface area (Å²) < 4.78 is 0. The summed E-state index contributed by atoms with van der Waals surface area (Å²) >= 11 is 0. The average molecular weight is 276 g/mol. The van der Waals surface area contributed by atoms with Gasteiger partial charge in [0.15, 0.2) is 0 Å². The zero-order valence-electron chi connectivity index (χ0n) is 11.5. The second-order valence-corrected chi connectivity index (χ2v) is 4.56. The lowest BCUT2D eigenvalue weighted by Crippen LogP contribution is -2.48. The average Bonchev–Trinajstić information content (AvgIpc) is 2.44. The first-order valence-electron chi connectivity index (χ1n) is 6.49. The van der Waals surface area contributed by atoms with E-state index >= 15 is 0 Å². The van der Waals surface area contributed by atoms with E-state index in [0.29, 0.717) is 12.8 Å². The lowest BCUT2D eigenvalue weighted by atomic mass is 10.1. The number of aryl methyl sites for hydroxylation is 1. The standard InChI is InChI=1S/C15H20N2O3/c1-3-11(2)16-15(20)17-13(14(18)19)10-9-12-7-5-4-6-8-12/h3-8,11,13H,1,9-10H2,2H3,(H,18,19)(H2,16,17,20). The Balaban J connectivity index is 2.50. The number of carbonyl (C=O) groups excluding carboxylic acids is 1. The number of urea groups is 1. The fourth-order valence-corrected chi connectivity index (χ4v) is 1.68. The number of nitrogens with one attached hydrogen (secondary N) is 2. The SMILES string of the molecule is C=CC(C)NC(=O)NC(CCc1ccccc1)C(=O)O. The van der Waals surface area contributed by atoms with Crippen molar-refractivity contribution in [2.45, 2.75) is 31.8 Å². The van der Waals surface area contributed by atoms with Crippen molar-refractivity contribution in [1.29, 1.82) is 0 Å². The van der Waals surface area contributed by atoms with Crippen molar-refractivity contribution < 1.29 is 14.7 Å². The number of carbonyl (C=O) groups is 2. The zero-order valence-corrected chi connectivity index (χ0v) is 11.5. The monoisotopic (exact) mass is 276 g/mol. The van der Waals surface area contributed by atoms with Gasteiger partial charge in [0.2, 0.25) is 0 Å². The van der Waals surface area contributed by atoms with Gasteiger partial charge in [-0.05, 0) is 25.3 Å². The van der Waals surface area contributed by atoms with E-state index in [2.05, 4.69) is 17.2 Å². The summed E-state index contributed by atoms with van der Waals surface area (Å²) in [6.45, 7) is 5.30. The van der Waals surface area contributed by atoms with Crippen molar-refractivity contribution in [1.82, 2.24) is 10.6 Å². The second kappa shape index (κ2) is 7.99. The normalized spacial score (nSPS) is 13.1. The maximum Gasteiger partial charge on any atom is 0.326 e. The first-order valence-corrected chi connectivity index (χ1v) is 6.49. The molecule has 0 saturated carbocycles. The Morgan fingerprint density at radius 1 is 1.30 bits per heavy atom. The summed E-state index contributed by atoms with van der Waals surface area (Å²) in [6, 6.07) is 7.94. The van der Waals surface area contributed by atoms with Crippen LogP contribution in [-0.4, -0.2) is 29.2 Å². The molecule has 2 amide bonds. The van der Waals surface area contributed by atoms with Crippen LogP contribution in [0, 0.1) is 0 Å². The van der Waals surface area contributed by atoms with Gasteiger partial charge < -0.3 is 15.7 Å². The van der Waals surface area contributed by atoms with Gasteiger partial charge >= 0.3 is 12.0 Å². The predicted octanol–water partition coefficient (Wildman–Crippen LogP) is 1.95. The van der Waals surface area contributed by atoms with E-state index in [1.54, 1.807) is 13.0 Å². The molecule has 5 heteroatoms. The van der Waals surface area contributed by atoms with Crippen molar-refractivity contribution in [3.05, 3.63) is 48.6 Å². The van der Waals surface area contributed by atoms with Crippen LogP contribution in [0.4, 0.5) is 4.79 Å². The minimum absolute atomic E-state index is 0.210. The first-order chi connectivity index (χ1) is 9.52. The van der Waals surface area contributed by atoms with Crippen molar-refractivity contribution >= 4 is 12.0 Å². The van der Waals surface area contributed by atoms with Gasteiger partial charge in [0.25, 0.3) is 0 Å². The van der Waals surface area contributed by atoms with Crippen LogP contribution in [0.3, 0.4) is 0 Å². The Hall–Kier alpha value is -2.30. The zero-order chi connectivity index (χ0) is 15.0. The highest BCUT2D eigenvalue weighted by Gasteiger charge is 2.19. The van der Waals surface area contributed by atoms with Crippen LogP contribution in [0.25, 0.3) is 0 Å². The van der Waals surface area contributed by atoms with E-state index < -0.39 is 18.0 Å². The van der Waals surface area contributed by atoms with E-state index in [-0.39, 0.29) is 6.04 Å². The van der Waals surface area contributed by atoms with Crippen LogP contribution in [0.2, 0.25) is 0 Å². The molecule has 2 unspecified atom stereocenters. The molecule has 20 heavy (non-hydrogen) atoms. The Labute approximate surface area is 118 Å². The molecule has 0 spiro atoms. The molecule has 0 saturated heterocycles. The molecule has 2 atom stereocenters. The topological polar surface area (TPSA) is 78.4 Å². The number of hydrogen-bond donors (Lipinski definition) is 3. The second-order valence-electron chi connectivity index (χ2n) is 4.56. The molecule has 0 bridgehead atoms. The Kier molecular flexibility index (Phi) is 6.29. The molecule has 5 nitrogen and oxygen atoms in total. The largest absolute Gasteiger partial charge is 0.480 e. The number of benzene rings is 1. The molecular weight excluding hydrogens is 256 g/mol. The molecule has 0 heterocycles. The van der Waals surface area contributed by atoms with Crippen LogP contribution in [0.1, 0.15) is 18.9 Å². The Bertz CT molecular complexity index is 459. The number of hydrogen-bond acceptors (Lipinski definition) is 2. The molecular formula is C15H20N2O3. The lowest BCUT2D eigenvalue weighted by Gasteiger charge is -2.16. The Morgan fingerprint density at radius 2 is 1.95 bits per heavy atom. The van der Waals surface area contributed by atoms with Crippen LogP contribution in [0.5, 0.6) is 0 Å². The van der Waals surface area contributed by atoms with E-state index in [4.69, 9.17) is 5.11 Å². The van der Waals surface area contributed by atoms with Crippen LogP contribution in [0.15, 0.2) is 43.0 Å². The molecule has 0 aliphatic heterocycles. The third-order valence-electron chi connectivity index (χ3n) is 2.88. The van der Waals surface area contributed by atoms with Gasteiger partial charge in [-0.25, -0.2) is 9.59 Å². The molecule has 1 aromatic carbocycles. The van der Waals surface area contributed by atoms with Gasteiger partial charge in [-0.3, -0.25) is 0 Å². The van der Waals surface area contributed by atoms with E-state index in [1.165, 1.54) is 0 Å². The summed E-state index contributed by atoms with van der Waals surface area (Å²) in [5.41, 5.74) is 1.04. The molecule has 0 aliphatic rings. The molecule has 0 aliphatic carbocycles. The van der Waals surface area contributed by atoms with Crippen molar-refractivity contribution in [2.24, 2.45) is 0 Å². The maximum absolute atomic E-state index is 11.6. The van der Waals surface area contributed by atoms with Gasteiger partial charge in [-0.2, -0.15) is 0 Å². The van der Waals surface area contributed by atoms with Crippen molar-refractivity contribution in [3.8, 4) is 0 Å². The first kappa shape index (κ1) is 15.8. The molecule has 108 valence electrons. The van der Waals surface area contributed by atoms with E-state index in [0.717, 1.165) is 5.56 Å². The summed E-state index contributed by atoms with van der Waals surface area (Å²) in [6.07, 6.45) is 2.50. The highest BCUT2D eigenvalue weighted by atomic mass is 16.4. The highest BCUT2D eigenvalue weighted by molar-refractivity contribution is 5.82. The van der Waals surface area contributed by atoms with E-state index in [9.17, 15) is 9.59 Å². The van der Waals surface area contributed by atoms with Gasteiger partial charge in [0, 0.05) is 6.04 Å². The fourth-order valence-electron chi connectivity index (χ4n) is 1.68.